The Kier molecular flexibility index (Phi) is 5.08. The van der Waals surface area contributed by atoms with E-state index in [0.717, 1.165) is 38.0 Å². The summed E-state index contributed by atoms with van der Waals surface area (Å²) in [6.45, 7) is 2.54. The number of urea groups is 1. The molecule has 0 radical (unpaired) electrons. The largest absolute Gasteiger partial charge is 0.370 e. The van der Waals surface area contributed by atoms with E-state index >= 15 is 0 Å². The summed E-state index contributed by atoms with van der Waals surface area (Å²) in [5.41, 5.74) is 6.77. The molecule has 0 bridgehead atoms. The molecule has 10 heteroatoms. The summed E-state index contributed by atoms with van der Waals surface area (Å²) in [4.78, 5) is 31.8. The van der Waals surface area contributed by atoms with Gasteiger partial charge >= 0.3 is 6.03 Å². The highest BCUT2D eigenvalue weighted by atomic mass is 35.5. The number of carbonyl (C=O) groups excluding carboxylic acids is 2. The van der Waals surface area contributed by atoms with Crippen molar-refractivity contribution in [3.63, 3.8) is 0 Å². The van der Waals surface area contributed by atoms with Crippen LogP contribution in [0.1, 0.15) is 48.2 Å². The monoisotopic (exact) mass is 404 g/mol. The van der Waals surface area contributed by atoms with Crippen LogP contribution >= 0.6 is 11.6 Å². The Bertz CT molecular complexity index is 895. The van der Waals surface area contributed by atoms with Crippen molar-refractivity contribution in [2.75, 3.05) is 29.9 Å². The third kappa shape index (κ3) is 3.62. The number of aromatic nitrogens is 2. The van der Waals surface area contributed by atoms with Gasteiger partial charge in [0.2, 0.25) is 5.89 Å². The van der Waals surface area contributed by atoms with E-state index in [1.807, 2.05) is 12.1 Å². The first-order valence-corrected chi connectivity index (χ1v) is 9.66. The SMILES string of the molecule is NC(=O)c1noc([C@H]2CCCN2C(=O)Nc2ccc(N3CCCC3)c(Cl)c2)n1. The molecule has 148 valence electrons. The molecule has 0 unspecified atom stereocenters. The molecule has 2 aliphatic rings. The Labute approximate surface area is 166 Å². The first-order valence-electron chi connectivity index (χ1n) is 9.28. The van der Waals surface area contributed by atoms with E-state index in [4.69, 9.17) is 21.9 Å². The number of likely N-dealkylation sites (tertiary alicyclic amines) is 1. The van der Waals surface area contributed by atoms with Crippen molar-refractivity contribution in [1.82, 2.24) is 15.0 Å². The molecule has 0 aliphatic carbocycles. The lowest BCUT2D eigenvalue weighted by atomic mass is 10.2. The van der Waals surface area contributed by atoms with Gasteiger partial charge in [0.1, 0.15) is 6.04 Å². The Morgan fingerprint density at radius 2 is 2.00 bits per heavy atom. The van der Waals surface area contributed by atoms with E-state index in [-0.39, 0.29) is 23.8 Å². The van der Waals surface area contributed by atoms with Gasteiger partial charge in [0.15, 0.2) is 0 Å². The zero-order valence-electron chi connectivity index (χ0n) is 15.2. The number of benzene rings is 1. The molecule has 3 heterocycles. The number of primary amides is 1. The van der Waals surface area contributed by atoms with Crippen molar-refractivity contribution < 1.29 is 14.1 Å². The molecule has 1 aromatic heterocycles. The molecule has 3 N–H and O–H groups in total. The number of nitrogens with zero attached hydrogens (tertiary/aromatic N) is 4. The minimum atomic E-state index is -0.767. The van der Waals surface area contributed by atoms with Gasteiger partial charge in [0.05, 0.1) is 10.7 Å². The summed E-state index contributed by atoms with van der Waals surface area (Å²) < 4.78 is 5.12. The van der Waals surface area contributed by atoms with Gasteiger partial charge in [-0.05, 0) is 43.9 Å². The summed E-state index contributed by atoms with van der Waals surface area (Å²) in [5, 5.41) is 7.04. The highest BCUT2D eigenvalue weighted by Gasteiger charge is 2.34. The molecule has 2 aromatic rings. The van der Waals surface area contributed by atoms with Crippen LogP contribution in [-0.2, 0) is 0 Å². The predicted octanol–water partition coefficient (Wildman–Crippen LogP) is 2.79. The third-order valence-electron chi connectivity index (χ3n) is 5.11. The Balaban J connectivity index is 1.46. The van der Waals surface area contributed by atoms with Crippen molar-refractivity contribution in [3.8, 4) is 0 Å². The quantitative estimate of drug-likeness (QED) is 0.808. The fourth-order valence-electron chi connectivity index (χ4n) is 3.73. The van der Waals surface area contributed by atoms with E-state index in [2.05, 4.69) is 20.4 Å². The standard InChI is InChI=1S/C18H21ClN6O3/c19-12-10-11(5-6-13(12)24-7-1-2-8-24)21-18(27)25-9-3-4-14(25)17-22-16(15(20)26)23-28-17/h5-6,10,14H,1-4,7-9H2,(H2,20,26)(H,21,27)/t14-/m1/s1. The minimum absolute atomic E-state index is 0.188. The number of amides is 3. The Morgan fingerprint density at radius 1 is 1.21 bits per heavy atom. The number of nitrogens with one attached hydrogen (secondary N) is 1. The zero-order valence-corrected chi connectivity index (χ0v) is 16.0. The molecule has 1 aromatic carbocycles. The number of hydrogen-bond acceptors (Lipinski definition) is 6. The van der Waals surface area contributed by atoms with Gasteiger partial charge in [-0.2, -0.15) is 4.98 Å². The number of rotatable bonds is 4. The normalized spacial score (nSPS) is 19.2. The minimum Gasteiger partial charge on any atom is -0.370 e. The van der Waals surface area contributed by atoms with Crippen LogP contribution in [0, 0.1) is 0 Å². The second-order valence-corrected chi connectivity index (χ2v) is 7.37. The van der Waals surface area contributed by atoms with Crippen LogP contribution in [0.2, 0.25) is 5.02 Å². The number of halogens is 1. The maximum absolute atomic E-state index is 12.8. The van der Waals surface area contributed by atoms with Crippen molar-refractivity contribution >= 4 is 34.9 Å². The third-order valence-corrected chi connectivity index (χ3v) is 5.41. The average molecular weight is 405 g/mol. The summed E-state index contributed by atoms with van der Waals surface area (Å²) in [6, 6.07) is 4.87. The summed E-state index contributed by atoms with van der Waals surface area (Å²) in [6.07, 6.45) is 3.79. The molecule has 0 spiro atoms. The summed E-state index contributed by atoms with van der Waals surface area (Å²) in [7, 11) is 0. The predicted molar refractivity (Wildman–Crippen MR) is 103 cm³/mol. The van der Waals surface area contributed by atoms with Crippen molar-refractivity contribution in [2.24, 2.45) is 5.73 Å². The van der Waals surface area contributed by atoms with Crippen LogP contribution in [0.4, 0.5) is 16.2 Å². The van der Waals surface area contributed by atoms with E-state index < -0.39 is 5.91 Å². The van der Waals surface area contributed by atoms with Gasteiger partial charge in [-0.15, -0.1) is 0 Å². The molecular weight excluding hydrogens is 384 g/mol. The first kappa shape index (κ1) is 18.5. The smallest absolute Gasteiger partial charge is 0.322 e. The first-order chi connectivity index (χ1) is 13.5. The lowest BCUT2D eigenvalue weighted by Gasteiger charge is -2.23. The Hall–Kier alpha value is -2.81. The van der Waals surface area contributed by atoms with Gasteiger partial charge in [0, 0.05) is 25.3 Å². The van der Waals surface area contributed by atoms with Crippen molar-refractivity contribution in [2.45, 2.75) is 31.7 Å². The maximum atomic E-state index is 12.8. The molecule has 4 rings (SSSR count). The summed E-state index contributed by atoms with van der Waals surface area (Å²) in [5.74, 6) is -0.743. The Morgan fingerprint density at radius 3 is 2.68 bits per heavy atom. The van der Waals surface area contributed by atoms with E-state index in [1.165, 1.54) is 0 Å². The number of hydrogen-bond donors (Lipinski definition) is 2. The molecule has 9 nitrogen and oxygen atoms in total. The van der Waals surface area contributed by atoms with Crippen LogP contribution in [0.5, 0.6) is 0 Å². The van der Waals surface area contributed by atoms with Gasteiger partial charge in [-0.1, -0.05) is 16.8 Å². The maximum Gasteiger partial charge on any atom is 0.322 e. The van der Waals surface area contributed by atoms with E-state index in [0.29, 0.717) is 23.7 Å². The van der Waals surface area contributed by atoms with Crippen LogP contribution < -0.4 is 16.0 Å². The highest BCUT2D eigenvalue weighted by Crippen LogP contribution is 2.33. The second-order valence-electron chi connectivity index (χ2n) is 6.96. The second kappa shape index (κ2) is 7.67. The molecule has 3 amide bonds. The molecule has 2 fully saturated rings. The number of carbonyl (C=O) groups is 2. The fourth-order valence-corrected chi connectivity index (χ4v) is 4.03. The van der Waals surface area contributed by atoms with Crippen molar-refractivity contribution in [3.05, 3.63) is 34.9 Å². The molecule has 1 atom stereocenters. The van der Waals surface area contributed by atoms with Gasteiger partial charge in [-0.25, -0.2) is 4.79 Å². The topological polar surface area (TPSA) is 118 Å². The molecule has 0 saturated carbocycles. The van der Waals surface area contributed by atoms with E-state index in [9.17, 15) is 9.59 Å². The van der Waals surface area contributed by atoms with Gasteiger partial charge in [0.25, 0.3) is 11.7 Å². The fraction of sp³-hybridized carbons (Fsp3) is 0.444. The molecule has 28 heavy (non-hydrogen) atoms. The van der Waals surface area contributed by atoms with Crippen LogP contribution in [0.25, 0.3) is 0 Å². The van der Waals surface area contributed by atoms with Crippen molar-refractivity contribution in [1.29, 1.82) is 0 Å². The molecule has 2 saturated heterocycles. The average Bonchev–Trinajstić information content (AvgIpc) is 3.41. The van der Waals surface area contributed by atoms with Gasteiger partial charge < -0.3 is 25.4 Å². The zero-order chi connectivity index (χ0) is 19.7. The number of anilines is 2. The van der Waals surface area contributed by atoms with Crippen LogP contribution in [0.15, 0.2) is 22.7 Å². The molecule has 2 aliphatic heterocycles. The lowest BCUT2D eigenvalue weighted by Crippen LogP contribution is -2.34. The molecular formula is C18H21ClN6O3. The number of nitrogens with two attached hydrogens (primary N) is 1. The highest BCUT2D eigenvalue weighted by molar-refractivity contribution is 6.33. The lowest BCUT2D eigenvalue weighted by molar-refractivity contribution is 0.0987. The van der Waals surface area contributed by atoms with Gasteiger partial charge in [-0.3, -0.25) is 4.79 Å². The van der Waals surface area contributed by atoms with Crippen LogP contribution in [-0.4, -0.2) is 46.6 Å². The van der Waals surface area contributed by atoms with Crippen LogP contribution in [0.3, 0.4) is 0 Å². The summed E-state index contributed by atoms with van der Waals surface area (Å²) >= 11 is 6.43. The van der Waals surface area contributed by atoms with E-state index in [1.54, 1.807) is 11.0 Å².